The highest BCUT2D eigenvalue weighted by atomic mass is 16.5. The van der Waals surface area contributed by atoms with E-state index in [1.54, 1.807) is 0 Å². The molecule has 0 saturated heterocycles. The first-order valence-corrected chi connectivity index (χ1v) is 9.60. The van der Waals surface area contributed by atoms with Crippen molar-refractivity contribution in [3.8, 4) is 11.5 Å². The summed E-state index contributed by atoms with van der Waals surface area (Å²) in [5.74, 6) is -1.71. The minimum Gasteiger partial charge on any atom is -0.478 e. The predicted octanol–water partition coefficient (Wildman–Crippen LogP) is 5.33. The van der Waals surface area contributed by atoms with Gasteiger partial charge in [-0.1, -0.05) is 24.3 Å². The van der Waals surface area contributed by atoms with Crippen molar-refractivity contribution in [3.05, 3.63) is 81.9 Å². The van der Waals surface area contributed by atoms with Crippen molar-refractivity contribution >= 4 is 23.3 Å². The second-order valence-corrected chi connectivity index (χ2v) is 7.48. The van der Waals surface area contributed by atoms with Crippen LogP contribution in [0.5, 0.6) is 11.5 Å². The van der Waals surface area contributed by atoms with Crippen LogP contribution in [-0.2, 0) is 12.8 Å². The van der Waals surface area contributed by atoms with Crippen molar-refractivity contribution in [1.82, 2.24) is 0 Å². The van der Waals surface area contributed by atoms with Gasteiger partial charge < -0.3 is 20.3 Å². The van der Waals surface area contributed by atoms with Gasteiger partial charge in [0.05, 0.1) is 22.5 Å². The smallest absolute Gasteiger partial charge is 0.337 e. The lowest BCUT2D eigenvalue weighted by Crippen LogP contribution is -2.11. The number of aryl methyl sites for hydroxylation is 4. The van der Waals surface area contributed by atoms with E-state index < -0.39 is 11.9 Å². The van der Waals surface area contributed by atoms with Gasteiger partial charge in [-0.05, 0) is 73.2 Å². The van der Waals surface area contributed by atoms with E-state index in [1.165, 1.54) is 22.8 Å². The lowest BCUT2D eigenvalue weighted by molar-refractivity contribution is 0.0696. The fraction of sp³-hybridized carbons (Fsp3) is 0.167. The van der Waals surface area contributed by atoms with Gasteiger partial charge >= 0.3 is 11.9 Å². The molecule has 3 N–H and O–H groups in total. The van der Waals surface area contributed by atoms with E-state index in [9.17, 15) is 19.8 Å². The molecule has 0 unspecified atom stereocenters. The van der Waals surface area contributed by atoms with Gasteiger partial charge in [0.25, 0.3) is 0 Å². The van der Waals surface area contributed by atoms with Gasteiger partial charge in [-0.2, -0.15) is 0 Å². The second kappa shape index (κ2) is 7.55. The maximum absolute atomic E-state index is 11.6. The van der Waals surface area contributed by atoms with Crippen LogP contribution in [0.3, 0.4) is 0 Å². The predicted molar refractivity (Wildman–Crippen MR) is 113 cm³/mol. The van der Waals surface area contributed by atoms with Crippen LogP contribution < -0.4 is 10.1 Å². The van der Waals surface area contributed by atoms with Crippen LogP contribution in [0.25, 0.3) is 0 Å². The summed E-state index contributed by atoms with van der Waals surface area (Å²) in [6, 6.07) is 14.7. The first-order valence-electron chi connectivity index (χ1n) is 9.60. The van der Waals surface area contributed by atoms with Gasteiger partial charge in [0.15, 0.2) is 11.5 Å². The average molecular weight is 403 g/mol. The Bertz CT molecular complexity index is 1180. The molecule has 0 amide bonds. The van der Waals surface area contributed by atoms with Gasteiger partial charge in [-0.3, -0.25) is 0 Å². The Hall–Kier alpha value is -3.80. The molecule has 1 aliphatic rings. The molecular formula is C24H21NO5. The summed E-state index contributed by atoms with van der Waals surface area (Å²) in [6.07, 6.45) is 1.71. The highest BCUT2D eigenvalue weighted by Gasteiger charge is 2.25. The number of benzene rings is 3. The molecule has 30 heavy (non-hydrogen) atoms. The number of hydrogen-bond acceptors (Lipinski definition) is 4. The van der Waals surface area contributed by atoms with Gasteiger partial charge in [0, 0.05) is 0 Å². The van der Waals surface area contributed by atoms with E-state index in [2.05, 4.69) is 37.4 Å². The summed E-state index contributed by atoms with van der Waals surface area (Å²) in [4.78, 5) is 22.9. The molecule has 0 aromatic heterocycles. The minimum absolute atomic E-state index is 0.137. The topological polar surface area (TPSA) is 95.9 Å². The first kappa shape index (κ1) is 19.5. The number of nitrogens with one attached hydrogen (secondary N) is 1. The zero-order valence-corrected chi connectivity index (χ0v) is 16.7. The fourth-order valence-corrected chi connectivity index (χ4v) is 3.53. The molecule has 4 rings (SSSR count). The Balaban J connectivity index is 1.60. The maximum atomic E-state index is 11.6. The molecule has 0 saturated carbocycles. The lowest BCUT2D eigenvalue weighted by atomic mass is 10.00. The molecule has 0 bridgehead atoms. The monoisotopic (exact) mass is 403 g/mol. The highest BCUT2D eigenvalue weighted by molar-refractivity contribution is 6.02. The summed E-state index contributed by atoms with van der Waals surface area (Å²) in [7, 11) is 0. The van der Waals surface area contributed by atoms with Crippen LogP contribution in [0, 0.1) is 13.8 Å². The number of fused-ring (bicyclic) bond motifs is 2. The SMILES string of the molecule is Cc1ccc(CCc2ccc3c(c2)Oc2cc(C(=O)O)cc(C(=O)O)c2N3)cc1C. The number of aromatic carboxylic acids is 2. The molecule has 152 valence electrons. The normalized spacial score (nSPS) is 11.7. The summed E-state index contributed by atoms with van der Waals surface area (Å²) >= 11 is 0. The van der Waals surface area contributed by atoms with Gasteiger partial charge in [0.2, 0.25) is 0 Å². The Morgan fingerprint density at radius 3 is 2.20 bits per heavy atom. The molecule has 3 aromatic carbocycles. The van der Waals surface area contributed by atoms with Gasteiger partial charge in [-0.15, -0.1) is 0 Å². The number of carbonyl (C=O) groups is 2. The van der Waals surface area contributed by atoms with Crippen LogP contribution in [0.4, 0.5) is 11.4 Å². The maximum Gasteiger partial charge on any atom is 0.337 e. The first-order chi connectivity index (χ1) is 14.3. The Labute approximate surface area is 173 Å². The molecule has 0 atom stereocenters. The zero-order chi connectivity index (χ0) is 21.4. The van der Waals surface area contributed by atoms with Crippen LogP contribution in [-0.4, -0.2) is 22.2 Å². The number of hydrogen-bond donors (Lipinski definition) is 3. The van der Waals surface area contributed by atoms with E-state index in [4.69, 9.17) is 4.74 Å². The van der Waals surface area contributed by atoms with E-state index in [0.717, 1.165) is 24.5 Å². The van der Waals surface area contributed by atoms with Crippen molar-refractivity contribution in [2.24, 2.45) is 0 Å². The number of anilines is 2. The summed E-state index contributed by atoms with van der Waals surface area (Å²) in [5.41, 5.74) is 5.49. The van der Waals surface area contributed by atoms with Crippen LogP contribution >= 0.6 is 0 Å². The molecule has 0 fully saturated rings. The van der Waals surface area contributed by atoms with E-state index in [-0.39, 0.29) is 22.6 Å². The third-order valence-electron chi connectivity index (χ3n) is 5.38. The standard InChI is InChI=1S/C24H21NO5/c1-13-3-4-15(9-14(13)2)5-6-16-7-8-19-20(10-16)30-21-12-17(23(26)27)11-18(24(28)29)22(21)25-19/h3-4,7-12,25H,5-6H2,1-2H3,(H,26,27)(H,28,29). The molecule has 6 nitrogen and oxygen atoms in total. The summed E-state index contributed by atoms with van der Waals surface area (Å²) in [6.45, 7) is 4.20. The molecule has 1 aliphatic heterocycles. The number of rotatable bonds is 5. The molecule has 1 heterocycles. The minimum atomic E-state index is -1.22. The number of carboxylic acids is 2. The Morgan fingerprint density at radius 1 is 0.833 bits per heavy atom. The zero-order valence-electron chi connectivity index (χ0n) is 16.7. The van der Waals surface area contributed by atoms with Crippen molar-refractivity contribution in [2.75, 3.05) is 5.32 Å². The summed E-state index contributed by atoms with van der Waals surface area (Å²) in [5, 5.41) is 21.8. The van der Waals surface area contributed by atoms with Crippen LogP contribution in [0.15, 0.2) is 48.5 Å². The van der Waals surface area contributed by atoms with E-state index in [0.29, 0.717) is 11.4 Å². The van der Waals surface area contributed by atoms with Crippen LogP contribution in [0.1, 0.15) is 43.0 Å². The molecule has 0 radical (unpaired) electrons. The van der Waals surface area contributed by atoms with Gasteiger partial charge in [0.1, 0.15) is 0 Å². The van der Waals surface area contributed by atoms with Crippen molar-refractivity contribution in [2.45, 2.75) is 26.7 Å². The van der Waals surface area contributed by atoms with Crippen molar-refractivity contribution in [3.63, 3.8) is 0 Å². The third-order valence-corrected chi connectivity index (χ3v) is 5.38. The fourth-order valence-electron chi connectivity index (χ4n) is 3.53. The molecule has 0 spiro atoms. The van der Waals surface area contributed by atoms with Crippen molar-refractivity contribution < 1.29 is 24.5 Å². The molecule has 3 aromatic rings. The largest absolute Gasteiger partial charge is 0.478 e. The highest BCUT2D eigenvalue weighted by Crippen LogP contribution is 2.44. The third kappa shape index (κ3) is 3.72. The molecule has 6 heteroatoms. The van der Waals surface area contributed by atoms with Crippen LogP contribution in [0.2, 0.25) is 0 Å². The molecule has 0 aliphatic carbocycles. The van der Waals surface area contributed by atoms with E-state index >= 15 is 0 Å². The Kier molecular flexibility index (Phi) is 4.91. The number of carboxylic acid groups (broad SMARTS) is 2. The van der Waals surface area contributed by atoms with Crippen molar-refractivity contribution in [1.29, 1.82) is 0 Å². The molecular weight excluding hydrogens is 382 g/mol. The lowest BCUT2D eigenvalue weighted by Gasteiger charge is -2.24. The summed E-state index contributed by atoms with van der Waals surface area (Å²) < 4.78 is 5.90. The second-order valence-electron chi connectivity index (χ2n) is 7.48. The average Bonchev–Trinajstić information content (AvgIpc) is 2.71. The quantitative estimate of drug-likeness (QED) is 0.417. The van der Waals surface area contributed by atoms with E-state index in [1.807, 2.05) is 18.2 Å². The number of ether oxygens (including phenoxy) is 1. The van der Waals surface area contributed by atoms with Gasteiger partial charge in [-0.25, -0.2) is 9.59 Å². The Morgan fingerprint density at radius 2 is 1.53 bits per heavy atom.